The van der Waals surface area contributed by atoms with Crippen molar-refractivity contribution in [1.82, 2.24) is 19.2 Å². The van der Waals surface area contributed by atoms with Crippen LogP contribution in [0.15, 0.2) is 53.4 Å². The number of nitrogens with zero attached hydrogens (tertiary/aromatic N) is 5. The second kappa shape index (κ2) is 9.77. The minimum atomic E-state index is -3.53. The van der Waals surface area contributed by atoms with Gasteiger partial charge in [0, 0.05) is 49.7 Å². The van der Waals surface area contributed by atoms with Gasteiger partial charge >= 0.3 is 0 Å². The molecule has 2 aromatic carbocycles. The Kier molecular flexibility index (Phi) is 6.75. The van der Waals surface area contributed by atoms with Crippen LogP contribution < -0.4 is 4.90 Å². The second-order valence-electron chi connectivity index (χ2n) is 9.04. The average molecular weight is 500 g/mol. The fraction of sp³-hybridized carbons (Fsp3) is 0.440. The first-order valence-electron chi connectivity index (χ1n) is 11.9. The summed E-state index contributed by atoms with van der Waals surface area (Å²) in [6, 6.07) is 14.6. The average Bonchev–Trinajstić information content (AvgIpc) is 2.88. The number of aromatic nitrogens is 2. The van der Waals surface area contributed by atoms with Crippen molar-refractivity contribution in [1.29, 1.82) is 0 Å². The number of para-hydroxylation sites is 1. The molecule has 0 unspecified atom stereocenters. The summed E-state index contributed by atoms with van der Waals surface area (Å²) in [5, 5.41) is 1.62. The summed E-state index contributed by atoms with van der Waals surface area (Å²) in [5.41, 5.74) is 0.962. The van der Waals surface area contributed by atoms with Crippen LogP contribution >= 0.6 is 11.6 Å². The molecule has 0 bridgehead atoms. The van der Waals surface area contributed by atoms with E-state index in [0.29, 0.717) is 31.2 Å². The molecule has 2 fully saturated rings. The fourth-order valence-electron chi connectivity index (χ4n) is 4.86. The molecule has 0 N–H and O–H groups in total. The van der Waals surface area contributed by atoms with Crippen molar-refractivity contribution in [2.24, 2.45) is 0 Å². The number of piperazine rings is 1. The van der Waals surface area contributed by atoms with Crippen LogP contribution in [0.3, 0.4) is 0 Å². The molecule has 2 saturated heterocycles. The van der Waals surface area contributed by atoms with Gasteiger partial charge in [-0.1, -0.05) is 23.7 Å². The zero-order chi connectivity index (χ0) is 23.7. The zero-order valence-electron chi connectivity index (χ0n) is 19.4. The van der Waals surface area contributed by atoms with Crippen LogP contribution in [-0.4, -0.2) is 66.9 Å². The highest BCUT2D eigenvalue weighted by Crippen LogP contribution is 2.30. The number of piperidine rings is 1. The maximum Gasteiger partial charge on any atom is 0.243 e. The zero-order valence-corrected chi connectivity index (χ0v) is 21.0. The second-order valence-corrected chi connectivity index (χ2v) is 11.4. The molecule has 0 radical (unpaired) electrons. The van der Waals surface area contributed by atoms with E-state index in [2.05, 4.69) is 28.9 Å². The van der Waals surface area contributed by atoms with E-state index in [9.17, 15) is 8.42 Å². The lowest BCUT2D eigenvalue weighted by Crippen LogP contribution is -2.49. The first kappa shape index (κ1) is 23.5. The molecule has 1 atom stereocenters. The van der Waals surface area contributed by atoms with E-state index in [0.717, 1.165) is 35.6 Å². The van der Waals surface area contributed by atoms with Gasteiger partial charge in [0.25, 0.3) is 0 Å². The molecule has 0 amide bonds. The fourth-order valence-corrected chi connectivity index (χ4v) is 6.41. The van der Waals surface area contributed by atoms with Gasteiger partial charge in [-0.15, -0.1) is 0 Å². The van der Waals surface area contributed by atoms with Crippen LogP contribution in [0.5, 0.6) is 0 Å². The van der Waals surface area contributed by atoms with Crippen LogP contribution in [0.4, 0.5) is 5.82 Å². The van der Waals surface area contributed by atoms with Gasteiger partial charge in [-0.2, -0.15) is 4.31 Å². The Hall–Kier alpha value is -2.26. The maximum atomic E-state index is 13.0. The summed E-state index contributed by atoms with van der Waals surface area (Å²) >= 11 is 5.93. The van der Waals surface area contributed by atoms with E-state index >= 15 is 0 Å². The van der Waals surface area contributed by atoms with E-state index in [1.165, 1.54) is 19.3 Å². The first-order valence-corrected chi connectivity index (χ1v) is 13.8. The molecular weight excluding hydrogens is 470 g/mol. The van der Waals surface area contributed by atoms with Crippen molar-refractivity contribution < 1.29 is 8.42 Å². The summed E-state index contributed by atoms with van der Waals surface area (Å²) < 4.78 is 27.6. The maximum absolute atomic E-state index is 13.0. The van der Waals surface area contributed by atoms with Crippen LogP contribution in [0.25, 0.3) is 10.9 Å². The van der Waals surface area contributed by atoms with Crippen molar-refractivity contribution in [2.75, 3.05) is 44.2 Å². The summed E-state index contributed by atoms with van der Waals surface area (Å²) in [4.78, 5) is 14.9. The molecule has 34 heavy (non-hydrogen) atoms. The molecule has 5 rings (SSSR count). The van der Waals surface area contributed by atoms with Crippen molar-refractivity contribution in [3.63, 3.8) is 0 Å². The lowest BCUT2D eigenvalue weighted by Gasteiger charge is -2.37. The minimum Gasteiger partial charge on any atom is -0.356 e. The molecule has 1 aromatic heterocycles. The van der Waals surface area contributed by atoms with Gasteiger partial charge in [-0.05, 0) is 62.6 Å². The number of rotatable bonds is 5. The lowest BCUT2D eigenvalue weighted by molar-refractivity contribution is 0.141. The van der Waals surface area contributed by atoms with Crippen LogP contribution in [0.2, 0.25) is 5.02 Å². The van der Waals surface area contributed by atoms with E-state index in [-0.39, 0.29) is 10.9 Å². The van der Waals surface area contributed by atoms with Crippen molar-refractivity contribution >= 4 is 38.3 Å². The van der Waals surface area contributed by atoms with E-state index in [1.54, 1.807) is 28.6 Å². The van der Waals surface area contributed by atoms with Crippen LogP contribution in [0, 0.1) is 0 Å². The Labute approximate surface area is 206 Å². The Morgan fingerprint density at radius 1 is 0.853 bits per heavy atom. The highest BCUT2D eigenvalue weighted by atomic mass is 35.5. The van der Waals surface area contributed by atoms with Gasteiger partial charge < -0.3 is 4.90 Å². The number of halogens is 1. The molecule has 2 aliphatic rings. The smallest absolute Gasteiger partial charge is 0.243 e. The quantitative estimate of drug-likeness (QED) is 0.520. The number of hydrogen-bond acceptors (Lipinski definition) is 6. The third kappa shape index (κ3) is 4.64. The molecule has 180 valence electrons. The number of fused-ring (bicyclic) bond motifs is 1. The molecule has 3 aromatic rings. The number of hydrogen-bond donors (Lipinski definition) is 0. The summed E-state index contributed by atoms with van der Waals surface area (Å²) in [5.74, 6) is 1.82. The normalized spacial score (nSPS) is 19.4. The predicted molar refractivity (Wildman–Crippen MR) is 136 cm³/mol. The molecule has 0 saturated carbocycles. The number of anilines is 1. The molecule has 9 heteroatoms. The first-order chi connectivity index (χ1) is 16.4. The summed E-state index contributed by atoms with van der Waals surface area (Å²) in [6.45, 7) is 6.29. The van der Waals surface area contributed by atoms with Gasteiger partial charge in [-0.25, -0.2) is 18.4 Å². The summed E-state index contributed by atoms with van der Waals surface area (Å²) in [6.07, 6.45) is 3.65. The topological polar surface area (TPSA) is 69.6 Å². The van der Waals surface area contributed by atoms with E-state index in [1.807, 2.05) is 12.1 Å². The van der Waals surface area contributed by atoms with E-state index in [4.69, 9.17) is 21.6 Å². The Balaban J connectivity index is 1.35. The van der Waals surface area contributed by atoms with Crippen molar-refractivity contribution in [3.05, 3.63) is 59.4 Å². The largest absolute Gasteiger partial charge is 0.356 e. The monoisotopic (exact) mass is 499 g/mol. The summed E-state index contributed by atoms with van der Waals surface area (Å²) in [7, 11) is -3.53. The molecule has 2 aliphatic heterocycles. The standard InChI is InChI=1S/C25H30ClN5O2S/c1-19(29-15-17-31(18-16-29)34(32,33)21-11-9-20(26)10-12-21)24-27-23-8-4-3-7-22(23)25(28-24)30-13-5-2-6-14-30/h3-4,7-12,19H,2,5-6,13-18H2,1H3/t19-/m0/s1. The van der Waals surface area contributed by atoms with Gasteiger partial charge in [0.15, 0.2) is 0 Å². The van der Waals surface area contributed by atoms with Crippen molar-refractivity contribution in [3.8, 4) is 0 Å². The van der Waals surface area contributed by atoms with E-state index < -0.39 is 10.0 Å². The third-order valence-electron chi connectivity index (χ3n) is 6.90. The molecule has 3 heterocycles. The molecule has 0 spiro atoms. The minimum absolute atomic E-state index is 0.00599. The van der Waals surface area contributed by atoms with Crippen LogP contribution in [-0.2, 0) is 10.0 Å². The number of benzene rings is 2. The SMILES string of the molecule is C[C@@H](c1nc(N2CCCCC2)c2ccccc2n1)N1CCN(S(=O)(=O)c2ccc(Cl)cc2)CC1. The van der Waals surface area contributed by atoms with Gasteiger partial charge in [0.1, 0.15) is 11.6 Å². The lowest BCUT2D eigenvalue weighted by atomic mass is 10.1. The molecular formula is C25H30ClN5O2S. The Bertz CT molecular complexity index is 1250. The molecule has 7 nitrogen and oxygen atoms in total. The third-order valence-corrected chi connectivity index (χ3v) is 9.07. The highest BCUT2D eigenvalue weighted by Gasteiger charge is 2.31. The highest BCUT2D eigenvalue weighted by molar-refractivity contribution is 7.89. The predicted octanol–water partition coefficient (Wildman–Crippen LogP) is 4.34. The van der Waals surface area contributed by atoms with Gasteiger partial charge in [-0.3, -0.25) is 4.90 Å². The van der Waals surface area contributed by atoms with Gasteiger partial charge in [0.2, 0.25) is 10.0 Å². The number of sulfonamides is 1. The molecule has 0 aliphatic carbocycles. The van der Waals surface area contributed by atoms with Crippen molar-refractivity contribution in [2.45, 2.75) is 37.1 Å². The van der Waals surface area contributed by atoms with Crippen LogP contribution in [0.1, 0.15) is 38.1 Å². The Morgan fingerprint density at radius 2 is 1.53 bits per heavy atom. The Morgan fingerprint density at radius 3 is 2.24 bits per heavy atom. The van der Waals surface area contributed by atoms with Gasteiger partial charge in [0.05, 0.1) is 16.5 Å².